The predicted molar refractivity (Wildman–Crippen MR) is 94.2 cm³/mol. The van der Waals surface area contributed by atoms with E-state index in [1.54, 1.807) is 9.80 Å². The molecule has 0 spiro atoms. The van der Waals surface area contributed by atoms with Crippen LogP contribution < -0.4 is 10.2 Å². The van der Waals surface area contributed by atoms with Gasteiger partial charge >= 0.3 is 6.03 Å². The zero-order valence-corrected chi connectivity index (χ0v) is 14.7. The molecule has 24 heavy (non-hydrogen) atoms. The molecule has 2 rings (SSSR count). The van der Waals surface area contributed by atoms with Crippen LogP contribution in [0, 0.1) is 0 Å². The molecule has 0 saturated carbocycles. The number of carbonyl (C=O) groups is 2. The number of urea groups is 1. The maximum absolute atomic E-state index is 12.1. The first-order valence-electron chi connectivity index (χ1n) is 8.62. The molecule has 1 aliphatic rings. The summed E-state index contributed by atoms with van der Waals surface area (Å²) in [5, 5.41) is 2.88. The lowest BCUT2D eigenvalue weighted by molar-refractivity contribution is -0.129. The number of anilines is 1. The zero-order valence-electron chi connectivity index (χ0n) is 14.7. The fourth-order valence-electron chi connectivity index (χ4n) is 2.73. The number of benzene rings is 1. The van der Waals surface area contributed by atoms with Crippen molar-refractivity contribution in [3.8, 4) is 0 Å². The highest BCUT2D eigenvalue weighted by atomic mass is 16.5. The molecular formula is C18H27N3O3. The van der Waals surface area contributed by atoms with Crippen LogP contribution in [0.3, 0.4) is 0 Å². The maximum Gasteiger partial charge on any atom is 0.317 e. The van der Waals surface area contributed by atoms with Crippen molar-refractivity contribution in [1.29, 1.82) is 0 Å². The van der Waals surface area contributed by atoms with E-state index in [1.807, 2.05) is 38.1 Å². The minimum atomic E-state index is -0.201. The van der Waals surface area contributed by atoms with Crippen molar-refractivity contribution in [2.45, 2.75) is 33.3 Å². The standard InChI is InChI=1S/C18H27N3O3/c1-4-14-7-9-15(10-8-14)21-12-16(24-13-17(21)22)11-19-18(23)20(5-2)6-3/h7-10,16H,4-6,11-13H2,1-3H3,(H,19,23). The van der Waals surface area contributed by atoms with Crippen molar-refractivity contribution in [2.24, 2.45) is 0 Å². The number of amides is 3. The van der Waals surface area contributed by atoms with Crippen LogP contribution in [0.5, 0.6) is 0 Å². The second-order valence-corrected chi connectivity index (χ2v) is 5.82. The average Bonchev–Trinajstić information content (AvgIpc) is 2.62. The lowest BCUT2D eigenvalue weighted by atomic mass is 10.1. The largest absolute Gasteiger partial charge is 0.365 e. The van der Waals surface area contributed by atoms with Crippen LogP contribution in [-0.4, -0.2) is 55.7 Å². The Morgan fingerprint density at radius 1 is 1.25 bits per heavy atom. The number of morpholine rings is 1. The van der Waals surface area contributed by atoms with Crippen molar-refractivity contribution in [3.63, 3.8) is 0 Å². The molecule has 6 nitrogen and oxygen atoms in total. The van der Waals surface area contributed by atoms with Gasteiger partial charge in [0.05, 0.1) is 12.6 Å². The smallest absolute Gasteiger partial charge is 0.317 e. The van der Waals surface area contributed by atoms with E-state index in [-0.39, 0.29) is 24.6 Å². The molecule has 1 N–H and O–H groups in total. The summed E-state index contributed by atoms with van der Waals surface area (Å²) in [5.74, 6) is -0.0504. The number of aryl methyl sites for hydroxylation is 1. The third-order valence-corrected chi connectivity index (χ3v) is 4.32. The molecule has 132 valence electrons. The number of hydrogen-bond acceptors (Lipinski definition) is 3. The van der Waals surface area contributed by atoms with Gasteiger partial charge in [0.25, 0.3) is 5.91 Å². The lowest BCUT2D eigenvalue weighted by Gasteiger charge is -2.33. The van der Waals surface area contributed by atoms with Gasteiger partial charge in [-0.05, 0) is 38.0 Å². The molecule has 1 aromatic rings. The Morgan fingerprint density at radius 2 is 1.92 bits per heavy atom. The molecular weight excluding hydrogens is 306 g/mol. The summed E-state index contributed by atoms with van der Waals surface area (Å²) in [6.45, 7) is 8.21. The monoisotopic (exact) mass is 333 g/mol. The van der Waals surface area contributed by atoms with E-state index in [0.717, 1.165) is 12.1 Å². The Balaban J connectivity index is 1.94. The van der Waals surface area contributed by atoms with Gasteiger partial charge < -0.3 is 19.9 Å². The molecule has 1 fully saturated rings. The third-order valence-electron chi connectivity index (χ3n) is 4.32. The maximum atomic E-state index is 12.1. The van der Waals surface area contributed by atoms with E-state index in [0.29, 0.717) is 26.2 Å². The first-order valence-corrected chi connectivity index (χ1v) is 8.62. The molecule has 1 unspecified atom stereocenters. The molecule has 1 heterocycles. The molecule has 6 heteroatoms. The van der Waals surface area contributed by atoms with E-state index in [2.05, 4.69) is 12.2 Å². The highest BCUT2D eigenvalue weighted by molar-refractivity contribution is 5.95. The third kappa shape index (κ3) is 4.47. The first kappa shape index (κ1) is 18.3. The van der Waals surface area contributed by atoms with Gasteiger partial charge in [-0.1, -0.05) is 19.1 Å². The summed E-state index contributed by atoms with van der Waals surface area (Å²) < 4.78 is 5.56. The van der Waals surface area contributed by atoms with Gasteiger partial charge in [0.1, 0.15) is 6.61 Å². The number of ether oxygens (including phenoxy) is 1. The normalized spacial score (nSPS) is 17.7. The molecule has 0 aromatic heterocycles. The lowest BCUT2D eigenvalue weighted by Crippen LogP contribution is -2.52. The second-order valence-electron chi connectivity index (χ2n) is 5.82. The van der Waals surface area contributed by atoms with Crippen molar-refractivity contribution in [3.05, 3.63) is 29.8 Å². The molecule has 1 aliphatic heterocycles. The summed E-state index contributed by atoms with van der Waals surface area (Å²) >= 11 is 0. The molecule has 0 aliphatic carbocycles. The van der Waals surface area contributed by atoms with E-state index in [4.69, 9.17) is 4.74 Å². The van der Waals surface area contributed by atoms with Crippen LogP contribution in [0.25, 0.3) is 0 Å². The van der Waals surface area contributed by atoms with Gasteiger partial charge in [0.2, 0.25) is 0 Å². The predicted octanol–water partition coefficient (Wildman–Crippen LogP) is 2.03. The van der Waals surface area contributed by atoms with Gasteiger partial charge in [-0.25, -0.2) is 4.79 Å². The number of carbonyl (C=O) groups excluding carboxylic acids is 2. The number of nitrogens with zero attached hydrogens (tertiary/aromatic N) is 2. The number of rotatable bonds is 6. The van der Waals surface area contributed by atoms with Crippen LogP contribution >= 0.6 is 0 Å². The van der Waals surface area contributed by atoms with Crippen LogP contribution in [0.4, 0.5) is 10.5 Å². The van der Waals surface area contributed by atoms with Crippen molar-refractivity contribution >= 4 is 17.6 Å². The van der Waals surface area contributed by atoms with Crippen molar-refractivity contribution < 1.29 is 14.3 Å². The zero-order chi connectivity index (χ0) is 17.5. The molecule has 0 radical (unpaired) electrons. The molecule has 1 saturated heterocycles. The van der Waals surface area contributed by atoms with Crippen LogP contribution in [0.2, 0.25) is 0 Å². The highest BCUT2D eigenvalue weighted by Crippen LogP contribution is 2.19. The van der Waals surface area contributed by atoms with Gasteiger partial charge in [0, 0.05) is 25.3 Å². The first-order chi connectivity index (χ1) is 11.6. The van der Waals surface area contributed by atoms with E-state index in [9.17, 15) is 9.59 Å². The fraction of sp³-hybridized carbons (Fsp3) is 0.556. The van der Waals surface area contributed by atoms with Crippen molar-refractivity contribution in [2.75, 3.05) is 37.7 Å². The Hall–Kier alpha value is -2.08. The summed E-state index contributed by atoms with van der Waals surface area (Å²) in [5.41, 5.74) is 2.11. The molecule has 1 aromatic carbocycles. The highest BCUT2D eigenvalue weighted by Gasteiger charge is 2.28. The van der Waals surface area contributed by atoms with Crippen molar-refractivity contribution in [1.82, 2.24) is 10.2 Å². The summed E-state index contributed by atoms with van der Waals surface area (Å²) in [6.07, 6.45) is 0.769. The fourth-order valence-corrected chi connectivity index (χ4v) is 2.73. The van der Waals surface area contributed by atoms with E-state index >= 15 is 0 Å². The number of hydrogen-bond donors (Lipinski definition) is 1. The van der Waals surface area contributed by atoms with Gasteiger partial charge in [-0.15, -0.1) is 0 Å². The summed E-state index contributed by atoms with van der Waals surface area (Å²) in [4.78, 5) is 27.6. The molecule has 3 amide bonds. The minimum Gasteiger partial charge on any atom is -0.365 e. The van der Waals surface area contributed by atoms with Crippen LogP contribution in [0.15, 0.2) is 24.3 Å². The van der Waals surface area contributed by atoms with Gasteiger partial charge in [0.15, 0.2) is 0 Å². The van der Waals surface area contributed by atoms with E-state index < -0.39 is 0 Å². The topological polar surface area (TPSA) is 61.9 Å². The second kappa shape index (κ2) is 8.68. The SMILES string of the molecule is CCc1ccc(N2CC(CNC(=O)N(CC)CC)OCC2=O)cc1. The Morgan fingerprint density at radius 3 is 2.50 bits per heavy atom. The number of nitrogens with one attached hydrogen (secondary N) is 1. The Labute approximate surface area is 143 Å². The quantitative estimate of drug-likeness (QED) is 0.866. The van der Waals surface area contributed by atoms with E-state index in [1.165, 1.54) is 5.56 Å². The average molecular weight is 333 g/mol. The minimum absolute atomic E-state index is 0.0430. The summed E-state index contributed by atoms with van der Waals surface area (Å²) in [6, 6.07) is 7.91. The van der Waals surface area contributed by atoms with Crippen LogP contribution in [-0.2, 0) is 16.0 Å². The molecule has 1 atom stereocenters. The van der Waals surface area contributed by atoms with Gasteiger partial charge in [-0.3, -0.25) is 4.79 Å². The Kier molecular flexibility index (Phi) is 6.61. The van der Waals surface area contributed by atoms with Gasteiger partial charge in [-0.2, -0.15) is 0 Å². The summed E-state index contributed by atoms with van der Waals surface area (Å²) in [7, 11) is 0. The molecule has 0 bridgehead atoms. The van der Waals surface area contributed by atoms with Crippen LogP contribution in [0.1, 0.15) is 26.3 Å². The Bertz CT molecular complexity index is 555.